The maximum atomic E-state index is 13.4. The largest absolute Gasteiger partial charge is 0.295 e. The summed E-state index contributed by atoms with van der Waals surface area (Å²) < 4.78 is 36.0. The van der Waals surface area contributed by atoms with Crippen molar-refractivity contribution in [2.45, 2.75) is 25.7 Å². The quantitative estimate of drug-likeness (QED) is 0.398. The summed E-state index contributed by atoms with van der Waals surface area (Å²) in [5, 5.41) is 0. The average molecular weight is 411 g/mol. The van der Waals surface area contributed by atoms with Crippen molar-refractivity contribution in [3.8, 4) is 0 Å². The Morgan fingerprint density at radius 1 is 1.00 bits per heavy atom. The number of ketones is 1. The first-order valence-corrected chi connectivity index (χ1v) is 10.3. The molecule has 0 fully saturated rings. The molecule has 2 N–H and O–H groups in total. The lowest BCUT2D eigenvalue weighted by Crippen LogP contribution is -2.08. The van der Waals surface area contributed by atoms with E-state index in [0.717, 1.165) is 16.7 Å². The van der Waals surface area contributed by atoms with Gasteiger partial charge in [-0.2, -0.15) is 0 Å². The smallest absolute Gasteiger partial charge is 0.259 e. The Hall–Kier alpha value is -2.83. The topological polar surface area (TPSA) is 66.4 Å². The summed E-state index contributed by atoms with van der Waals surface area (Å²) in [5.74, 6) is -0.226. The predicted molar refractivity (Wildman–Crippen MR) is 114 cm³/mol. The van der Waals surface area contributed by atoms with Crippen LogP contribution in [0.3, 0.4) is 0 Å². The number of benzene rings is 3. The van der Waals surface area contributed by atoms with Crippen LogP contribution in [-0.4, -0.2) is 14.5 Å². The zero-order chi connectivity index (χ0) is 20.8. The van der Waals surface area contributed by atoms with Crippen molar-refractivity contribution in [3.63, 3.8) is 0 Å². The molecular formula is C23H22FNO3S. The van der Waals surface area contributed by atoms with Crippen LogP contribution in [0.15, 0.2) is 72.8 Å². The Labute approximate surface area is 172 Å². The molecule has 150 valence electrons. The number of carbonyl (C=O) groups is 1. The fourth-order valence-electron chi connectivity index (χ4n) is 3.39. The fraction of sp³-hybridized carbons (Fsp3) is 0.174. The number of nitrogens with one attached hydrogen (secondary N) is 1. The molecule has 0 heterocycles. The zero-order valence-electron chi connectivity index (χ0n) is 16.0. The molecule has 2 unspecified atom stereocenters. The lowest BCUT2D eigenvalue weighted by Gasteiger charge is -2.19. The molecule has 0 aromatic heterocycles. The van der Waals surface area contributed by atoms with Crippen LogP contribution in [0.2, 0.25) is 0 Å². The van der Waals surface area contributed by atoms with Crippen LogP contribution in [0.25, 0.3) is 0 Å². The van der Waals surface area contributed by atoms with Crippen molar-refractivity contribution >= 4 is 22.7 Å². The molecule has 3 aromatic carbocycles. The minimum Gasteiger partial charge on any atom is -0.295 e. The van der Waals surface area contributed by atoms with Crippen molar-refractivity contribution < 1.29 is 17.9 Å². The van der Waals surface area contributed by atoms with Gasteiger partial charge in [0, 0.05) is 11.3 Å². The van der Waals surface area contributed by atoms with Gasteiger partial charge in [-0.1, -0.05) is 42.5 Å². The van der Waals surface area contributed by atoms with E-state index in [1.807, 2.05) is 36.4 Å². The highest BCUT2D eigenvalue weighted by atomic mass is 32.2. The first-order valence-electron chi connectivity index (χ1n) is 9.22. The molecule has 3 aromatic rings. The Morgan fingerprint density at radius 3 is 2.24 bits per heavy atom. The number of hydrogen-bond acceptors (Lipinski definition) is 2. The maximum Gasteiger partial charge on any atom is 0.259 e. The maximum absolute atomic E-state index is 13.4. The van der Waals surface area contributed by atoms with Crippen molar-refractivity contribution in [2.75, 3.05) is 4.72 Å². The van der Waals surface area contributed by atoms with Gasteiger partial charge in [-0.15, -0.1) is 0 Å². The molecule has 0 aliphatic heterocycles. The third-order valence-electron chi connectivity index (χ3n) is 4.77. The van der Waals surface area contributed by atoms with Gasteiger partial charge in [0.1, 0.15) is 5.82 Å². The first kappa shape index (κ1) is 20.9. The molecule has 0 aliphatic carbocycles. The number of anilines is 1. The fourth-order valence-corrected chi connectivity index (χ4v) is 3.72. The monoisotopic (exact) mass is 411 g/mol. The Morgan fingerprint density at radius 2 is 1.62 bits per heavy atom. The number of carbonyl (C=O) groups excluding carboxylic acids is 1. The Bertz CT molecular complexity index is 1020. The van der Waals surface area contributed by atoms with Gasteiger partial charge in [-0.3, -0.25) is 14.1 Å². The van der Waals surface area contributed by atoms with E-state index < -0.39 is 11.3 Å². The van der Waals surface area contributed by atoms with E-state index >= 15 is 0 Å². The van der Waals surface area contributed by atoms with Crippen LogP contribution >= 0.6 is 0 Å². The summed E-state index contributed by atoms with van der Waals surface area (Å²) in [5.41, 5.74) is 4.22. The van der Waals surface area contributed by atoms with E-state index in [-0.39, 0.29) is 17.5 Å². The molecule has 6 heteroatoms. The molecule has 0 aliphatic rings. The predicted octanol–water partition coefficient (Wildman–Crippen LogP) is 5.15. The highest BCUT2D eigenvalue weighted by molar-refractivity contribution is 7.80. The number of rotatable bonds is 8. The molecule has 0 radical (unpaired) electrons. The van der Waals surface area contributed by atoms with Gasteiger partial charge in [0.15, 0.2) is 5.78 Å². The standard InChI is InChI=1S/C23H22FNO3S/c1-16(26)20-6-2-4-17(12-20)13-21(19-8-10-22(24)11-9-19)14-18-5-3-7-23(15-18)25-29(27)28/h2-12,15,21,25H,13-14H2,1H3,(H,27,28). The highest BCUT2D eigenvalue weighted by Gasteiger charge is 2.15. The second-order valence-electron chi connectivity index (χ2n) is 6.96. The second-order valence-corrected chi connectivity index (χ2v) is 7.67. The normalized spacial score (nSPS) is 12.9. The lowest BCUT2D eigenvalue weighted by atomic mass is 9.86. The lowest BCUT2D eigenvalue weighted by molar-refractivity contribution is 0.101. The number of halogens is 1. The second kappa shape index (κ2) is 9.58. The summed E-state index contributed by atoms with van der Waals surface area (Å²) in [7, 11) is 0. The molecule has 3 rings (SSSR count). The molecule has 0 saturated carbocycles. The third kappa shape index (κ3) is 6.07. The molecule has 4 nitrogen and oxygen atoms in total. The molecule has 0 spiro atoms. The number of Topliss-reactive ketones (excluding diaryl/α,β-unsaturated/α-hetero) is 1. The van der Waals surface area contributed by atoms with Gasteiger partial charge >= 0.3 is 0 Å². The van der Waals surface area contributed by atoms with E-state index in [1.54, 1.807) is 31.2 Å². The summed E-state index contributed by atoms with van der Waals surface area (Å²) in [4.78, 5) is 11.7. The van der Waals surface area contributed by atoms with Crippen LogP contribution < -0.4 is 4.72 Å². The minimum atomic E-state index is -2.14. The van der Waals surface area contributed by atoms with Gasteiger partial charge in [0.05, 0.1) is 0 Å². The molecule has 0 bridgehead atoms. The van der Waals surface area contributed by atoms with E-state index in [4.69, 9.17) is 4.55 Å². The van der Waals surface area contributed by atoms with Crippen LogP contribution in [-0.2, 0) is 24.1 Å². The van der Waals surface area contributed by atoms with Crippen LogP contribution in [0, 0.1) is 5.82 Å². The summed E-state index contributed by atoms with van der Waals surface area (Å²) >= 11 is -2.14. The SMILES string of the molecule is CC(=O)c1cccc(CC(Cc2cccc(NS(=O)O)c2)c2ccc(F)cc2)c1. The third-order valence-corrected chi connectivity index (χ3v) is 5.18. The van der Waals surface area contributed by atoms with Gasteiger partial charge in [0.2, 0.25) is 0 Å². The van der Waals surface area contributed by atoms with E-state index in [9.17, 15) is 13.4 Å². The van der Waals surface area contributed by atoms with Gasteiger partial charge in [-0.25, -0.2) is 8.60 Å². The molecule has 0 saturated heterocycles. The van der Waals surface area contributed by atoms with Crippen molar-refractivity contribution in [1.82, 2.24) is 0 Å². The molecular weight excluding hydrogens is 389 g/mol. The number of hydrogen-bond donors (Lipinski definition) is 2. The Kier molecular flexibility index (Phi) is 6.90. The van der Waals surface area contributed by atoms with Crippen molar-refractivity contribution in [3.05, 3.63) is 101 Å². The average Bonchev–Trinajstić information content (AvgIpc) is 2.68. The van der Waals surface area contributed by atoms with Crippen LogP contribution in [0.1, 0.15) is 39.9 Å². The van der Waals surface area contributed by atoms with Gasteiger partial charge in [-0.05, 0) is 72.7 Å². The summed E-state index contributed by atoms with van der Waals surface area (Å²) in [6, 6.07) is 21.3. The van der Waals surface area contributed by atoms with E-state index in [0.29, 0.717) is 24.1 Å². The van der Waals surface area contributed by atoms with E-state index in [1.165, 1.54) is 12.1 Å². The molecule has 2 atom stereocenters. The van der Waals surface area contributed by atoms with Crippen LogP contribution in [0.5, 0.6) is 0 Å². The minimum absolute atomic E-state index is 0.0148. The first-order chi connectivity index (χ1) is 13.9. The summed E-state index contributed by atoms with van der Waals surface area (Å²) in [6.45, 7) is 1.54. The van der Waals surface area contributed by atoms with Crippen LogP contribution in [0.4, 0.5) is 10.1 Å². The molecule has 0 amide bonds. The zero-order valence-corrected chi connectivity index (χ0v) is 16.8. The van der Waals surface area contributed by atoms with Gasteiger partial charge in [0.25, 0.3) is 11.3 Å². The summed E-state index contributed by atoms with van der Waals surface area (Å²) in [6.07, 6.45) is 1.33. The van der Waals surface area contributed by atoms with E-state index in [2.05, 4.69) is 4.72 Å². The van der Waals surface area contributed by atoms with Crippen molar-refractivity contribution in [1.29, 1.82) is 0 Å². The Balaban J connectivity index is 1.89. The van der Waals surface area contributed by atoms with Gasteiger partial charge < -0.3 is 0 Å². The molecule has 29 heavy (non-hydrogen) atoms. The highest BCUT2D eigenvalue weighted by Crippen LogP contribution is 2.27. The van der Waals surface area contributed by atoms with Crippen molar-refractivity contribution in [2.24, 2.45) is 0 Å².